The van der Waals surface area contributed by atoms with Gasteiger partial charge in [-0.1, -0.05) is 35.5 Å². The SMILES string of the molecule is COc1cc(/C=N/NC(=O)CSc2nc(-c3ccc(Cl)cc3)cs2)ccc1OC(C)C. The van der Waals surface area contributed by atoms with Gasteiger partial charge in [0.15, 0.2) is 15.8 Å². The van der Waals surface area contributed by atoms with Crippen LogP contribution in [0.3, 0.4) is 0 Å². The van der Waals surface area contributed by atoms with E-state index in [-0.39, 0.29) is 17.8 Å². The number of hydrogen-bond acceptors (Lipinski definition) is 7. The number of methoxy groups -OCH3 is 1. The van der Waals surface area contributed by atoms with Crippen LogP contribution in [0.4, 0.5) is 0 Å². The minimum absolute atomic E-state index is 0.0466. The van der Waals surface area contributed by atoms with E-state index in [1.807, 2.05) is 55.6 Å². The maximum absolute atomic E-state index is 12.1. The average Bonchev–Trinajstić information content (AvgIpc) is 3.22. The van der Waals surface area contributed by atoms with E-state index in [2.05, 4.69) is 15.5 Å². The van der Waals surface area contributed by atoms with Gasteiger partial charge in [0.25, 0.3) is 5.91 Å². The van der Waals surface area contributed by atoms with E-state index < -0.39 is 0 Å². The lowest BCUT2D eigenvalue weighted by molar-refractivity contribution is -0.118. The van der Waals surface area contributed by atoms with E-state index in [1.54, 1.807) is 19.4 Å². The molecule has 6 nitrogen and oxygen atoms in total. The van der Waals surface area contributed by atoms with Gasteiger partial charge in [0.2, 0.25) is 0 Å². The van der Waals surface area contributed by atoms with Crippen LogP contribution in [0.1, 0.15) is 19.4 Å². The van der Waals surface area contributed by atoms with Crippen molar-refractivity contribution in [2.75, 3.05) is 12.9 Å². The number of carbonyl (C=O) groups excluding carboxylic acids is 1. The summed E-state index contributed by atoms with van der Waals surface area (Å²) in [6.07, 6.45) is 1.61. The number of hydrazone groups is 1. The molecule has 0 bridgehead atoms. The summed E-state index contributed by atoms with van der Waals surface area (Å²) in [6, 6.07) is 13.0. The van der Waals surface area contributed by atoms with Crippen molar-refractivity contribution in [3.05, 3.63) is 58.4 Å². The summed E-state index contributed by atoms with van der Waals surface area (Å²) in [7, 11) is 1.58. The number of amides is 1. The lowest BCUT2D eigenvalue weighted by Gasteiger charge is -2.13. The Balaban J connectivity index is 1.50. The molecule has 0 unspecified atom stereocenters. The van der Waals surface area contributed by atoms with Crippen LogP contribution in [0.2, 0.25) is 5.02 Å². The Morgan fingerprint density at radius 3 is 2.74 bits per heavy atom. The van der Waals surface area contributed by atoms with Gasteiger partial charge >= 0.3 is 0 Å². The molecular formula is C22H22ClN3O3S2. The molecule has 1 heterocycles. The van der Waals surface area contributed by atoms with Crippen LogP contribution in [0.5, 0.6) is 11.5 Å². The predicted octanol–water partition coefficient (Wildman–Crippen LogP) is 5.50. The molecule has 0 saturated carbocycles. The highest BCUT2D eigenvalue weighted by Crippen LogP contribution is 2.29. The fraction of sp³-hybridized carbons (Fsp3) is 0.227. The number of aromatic nitrogens is 1. The van der Waals surface area contributed by atoms with E-state index in [0.29, 0.717) is 16.5 Å². The number of nitrogens with zero attached hydrogens (tertiary/aromatic N) is 2. The summed E-state index contributed by atoms with van der Waals surface area (Å²) in [5.41, 5.74) is 5.17. The van der Waals surface area contributed by atoms with Gasteiger partial charge in [-0.2, -0.15) is 5.10 Å². The summed E-state index contributed by atoms with van der Waals surface area (Å²) >= 11 is 8.78. The molecule has 0 aliphatic rings. The fourth-order valence-electron chi connectivity index (χ4n) is 2.53. The number of hydrogen-bond donors (Lipinski definition) is 1. The van der Waals surface area contributed by atoms with E-state index in [4.69, 9.17) is 21.1 Å². The minimum Gasteiger partial charge on any atom is -0.493 e. The van der Waals surface area contributed by atoms with Gasteiger partial charge in [-0.25, -0.2) is 10.4 Å². The van der Waals surface area contributed by atoms with Crippen LogP contribution in [-0.2, 0) is 4.79 Å². The van der Waals surface area contributed by atoms with Gasteiger partial charge in [0.05, 0.1) is 30.9 Å². The van der Waals surface area contributed by atoms with Crippen LogP contribution in [0.25, 0.3) is 11.3 Å². The highest BCUT2D eigenvalue weighted by atomic mass is 35.5. The van der Waals surface area contributed by atoms with Gasteiger partial charge in [-0.15, -0.1) is 11.3 Å². The second kappa shape index (κ2) is 11.2. The molecule has 2 aromatic carbocycles. The van der Waals surface area contributed by atoms with Crippen LogP contribution < -0.4 is 14.9 Å². The van der Waals surface area contributed by atoms with Crippen LogP contribution in [0, 0.1) is 0 Å². The molecule has 3 rings (SSSR count). The second-order valence-corrected chi connectivity index (χ2v) is 9.18. The summed E-state index contributed by atoms with van der Waals surface area (Å²) in [5.74, 6) is 1.28. The lowest BCUT2D eigenvalue weighted by Crippen LogP contribution is -2.19. The van der Waals surface area contributed by atoms with Crippen LogP contribution in [-0.4, -0.2) is 36.1 Å². The van der Waals surface area contributed by atoms with E-state index in [0.717, 1.165) is 21.2 Å². The van der Waals surface area contributed by atoms with E-state index in [9.17, 15) is 4.79 Å². The molecule has 162 valence electrons. The first-order chi connectivity index (χ1) is 14.9. The number of halogens is 1. The maximum atomic E-state index is 12.1. The normalized spacial score (nSPS) is 11.1. The minimum atomic E-state index is -0.212. The molecule has 1 N–H and O–H groups in total. The number of rotatable bonds is 9. The summed E-state index contributed by atoms with van der Waals surface area (Å²) in [5, 5.41) is 6.66. The third kappa shape index (κ3) is 6.99. The summed E-state index contributed by atoms with van der Waals surface area (Å²) in [6.45, 7) is 3.90. The van der Waals surface area contributed by atoms with Crippen molar-refractivity contribution in [1.82, 2.24) is 10.4 Å². The zero-order chi connectivity index (χ0) is 22.2. The number of thioether (sulfide) groups is 1. The zero-order valence-electron chi connectivity index (χ0n) is 17.3. The summed E-state index contributed by atoms with van der Waals surface area (Å²) < 4.78 is 11.9. The van der Waals surface area contributed by atoms with E-state index >= 15 is 0 Å². The molecule has 0 aliphatic heterocycles. The first kappa shape index (κ1) is 23.1. The zero-order valence-corrected chi connectivity index (χ0v) is 19.7. The Morgan fingerprint density at radius 2 is 2.03 bits per heavy atom. The Labute approximate surface area is 194 Å². The molecule has 0 saturated heterocycles. The Kier molecular flexibility index (Phi) is 8.34. The average molecular weight is 476 g/mol. The molecule has 3 aromatic rings. The van der Waals surface area contributed by atoms with Crippen molar-refractivity contribution in [2.24, 2.45) is 5.10 Å². The Hall–Kier alpha value is -2.55. The topological polar surface area (TPSA) is 72.8 Å². The largest absolute Gasteiger partial charge is 0.493 e. The molecular weight excluding hydrogens is 454 g/mol. The quantitative estimate of drug-likeness (QED) is 0.251. The number of benzene rings is 2. The second-order valence-electron chi connectivity index (χ2n) is 6.66. The molecule has 0 spiro atoms. The summed E-state index contributed by atoms with van der Waals surface area (Å²) in [4.78, 5) is 16.6. The third-order valence-electron chi connectivity index (χ3n) is 3.90. The Morgan fingerprint density at radius 1 is 1.26 bits per heavy atom. The molecule has 0 atom stereocenters. The molecule has 9 heteroatoms. The van der Waals surface area contributed by atoms with Gasteiger partial charge < -0.3 is 9.47 Å². The van der Waals surface area contributed by atoms with E-state index in [1.165, 1.54) is 23.1 Å². The molecule has 0 fully saturated rings. The fourth-order valence-corrected chi connectivity index (χ4v) is 4.28. The Bertz CT molecular complexity index is 1050. The number of carbonyl (C=O) groups is 1. The molecule has 0 radical (unpaired) electrons. The molecule has 0 aliphatic carbocycles. The number of ether oxygens (including phenoxy) is 2. The predicted molar refractivity (Wildman–Crippen MR) is 128 cm³/mol. The molecule has 1 amide bonds. The van der Waals surface area contributed by atoms with Gasteiger partial charge in [-0.05, 0) is 49.7 Å². The van der Waals surface area contributed by atoms with Crippen LogP contribution >= 0.6 is 34.7 Å². The van der Waals surface area contributed by atoms with Crippen LogP contribution in [0.15, 0.2) is 57.3 Å². The van der Waals surface area contributed by atoms with Gasteiger partial charge in [-0.3, -0.25) is 4.79 Å². The van der Waals surface area contributed by atoms with Crippen molar-refractivity contribution < 1.29 is 14.3 Å². The highest BCUT2D eigenvalue weighted by molar-refractivity contribution is 8.01. The van der Waals surface area contributed by atoms with Crippen molar-refractivity contribution in [3.63, 3.8) is 0 Å². The third-order valence-corrected chi connectivity index (χ3v) is 6.18. The van der Waals surface area contributed by atoms with Gasteiger partial charge in [0.1, 0.15) is 0 Å². The maximum Gasteiger partial charge on any atom is 0.250 e. The standard InChI is InChI=1S/C22H22ClN3O3S2/c1-14(2)29-19-9-4-15(10-20(19)28-3)11-24-26-21(27)13-31-22-25-18(12-30-22)16-5-7-17(23)8-6-16/h4-12,14H,13H2,1-3H3,(H,26,27)/b24-11+. The first-order valence-corrected chi connectivity index (χ1v) is 11.7. The number of thiazole rings is 1. The highest BCUT2D eigenvalue weighted by Gasteiger charge is 2.09. The lowest BCUT2D eigenvalue weighted by atomic mass is 10.2. The van der Waals surface area contributed by atoms with Crippen molar-refractivity contribution >= 4 is 46.8 Å². The molecule has 1 aromatic heterocycles. The molecule has 31 heavy (non-hydrogen) atoms. The number of nitrogens with one attached hydrogen (secondary N) is 1. The van der Waals surface area contributed by atoms with Crippen molar-refractivity contribution in [3.8, 4) is 22.8 Å². The van der Waals surface area contributed by atoms with Crippen molar-refractivity contribution in [1.29, 1.82) is 0 Å². The smallest absolute Gasteiger partial charge is 0.250 e. The van der Waals surface area contributed by atoms with Crippen molar-refractivity contribution in [2.45, 2.75) is 24.3 Å². The first-order valence-electron chi connectivity index (χ1n) is 9.45. The monoisotopic (exact) mass is 475 g/mol. The van der Waals surface area contributed by atoms with Gasteiger partial charge in [0, 0.05) is 16.0 Å².